The highest BCUT2D eigenvalue weighted by atomic mass is 16.6. The molecule has 106 valence electrons. The second-order valence-corrected chi connectivity index (χ2v) is 4.65. The van der Waals surface area contributed by atoms with Gasteiger partial charge in [-0.1, -0.05) is 6.07 Å². The predicted octanol–water partition coefficient (Wildman–Crippen LogP) is 1.74. The molecule has 0 unspecified atom stereocenters. The fraction of sp³-hybridized carbons (Fsp3) is 0.214. The Morgan fingerprint density at radius 3 is 2.95 bits per heavy atom. The van der Waals surface area contributed by atoms with E-state index in [0.29, 0.717) is 25.4 Å². The van der Waals surface area contributed by atoms with Crippen LogP contribution < -0.4 is 14.8 Å². The van der Waals surface area contributed by atoms with E-state index in [-0.39, 0.29) is 0 Å². The van der Waals surface area contributed by atoms with Crippen LogP contribution in [0.4, 0.5) is 5.82 Å². The minimum absolute atomic E-state index is 0.588. The summed E-state index contributed by atoms with van der Waals surface area (Å²) in [4.78, 5) is 15.5. The lowest BCUT2D eigenvalue weighted by atomic mass is 10.2. The van der Waals surface area contributed by atoms with Gasteiger partial charge in [0, 0.05) is 6.54 Å². The number of benzene rings is 1. The van der Waals surface area contributed by atoms with Crippen LogP contribution in [-0.2, 0) is 6.54 Å². The topological polar surface area (TPSA) is 85.0 Å². The summed E-state index contributed by atoms with van der Waals surface area (Å²) in [6.07, 6.45) is 3.10. The molecule has 3 heterocycles. The van der Waals surface area contributed by atoms with Crippen molar-refractivity contribution in [3.63, 3.8) is 0 Å². The summed E-state index contributed by atoms with van der Waals surface area (Å²) in [5, 5.41) is 3.28. The van der Waals surface area contributed by atoms with Crippen molar-refractivity contribution in [2.75, 3.05) is 18.5 Å². The van der Waals surface area contributed by atoms with Crippen molar-refractivity contribution in [3.8, 4) is 11.5 Å². The van der Waals surface area contributed by atoms with Gasteiger partial charge in [-0.05, 0) is 17.7 Å². The zero-order chi connectivity index (χ0) is 14.1. The summed E-state index contributed by atoms with van der Waals surface area (Å²) in [5.74, 6) is 2.31. The Hall–Kier alpha value is -2.83. The largest absolute Gasteiger partial charge is 0.486 e. The lowest BCUT2D eigenvalue weighted by Crippen LogP contribution is -2.15. The molecule has 4 rings (SSSR count). The van der Waals surface area contributed by atoms with Gasteiger partial charge < -0.3 is 19.8 Å². The fourth-order valence-electron chi connectivity index (χ4n) is 2.28. The molecule has 0 bridgehead atoms. The van der Waals surface area contributed by atoms with Crippen LogP contribution in [0.25, 0.3) is 11.2 Å². The van der Waals surface area contributed by atoms with Crippen LogP contribution in [0.1, 0.15) is 5.56 Å². The standard InChI is InChI=1S/C14H13N5O2/c1-2-10-11(21-4-3-20-10)5-9(1)6-15-13-12-14(17-7-16-12)19-8-18-13/h1-2,5,7-8H,3-4,6H2,(H2,15,16,17,18,19). The monoisotopic (exact) mass is 283 g/mol. The number of ether oxygens (including phenoxy) is 2. The molecular weight excluding hydrogens is 270 g/mol. The number of anilines is 1. The second-order valence-electron chi connectivity index (χ2n) is 4.65. The first-order valence-corrected chi connectivity index (χ1v) is 6.66. The first kappa shape index (κ1) is 12.0. The summed E-state index contributed by atoms with van der Waals surface area (Å²) in [7, 11) is 0. The van der Waals surface area contributed by atoms with Gasteiger partial charge in [0.25, 0.3) is 0 Å². The molecule has 21 heavy (non-hydrogen) atoms. The van der Waals surface area contributed by atoms with Crippen molar-refractivity contribution in [1.29, 1.82) is 0 Å². The Balaban J connectivity index is 1.55. The molecule has 7 heteroatoms. The van der Waals surface area contributed by atoms with E-state index in [4.69, 9.17) is 9.47 Å². The van der Waals surface area contributed by atoms with Gasteiger partial charge in [0.2, 0.25) is 0 Å². The number of H-pyrrole nitrogens is 1. The maximum absolute atomic E-state index is 5.58. The number of hydrogen-bond donors (Lipinski definition) is 2. The maximum atomic E-state index is 5.58. The fourth-order valence-corrected chi connectivity index (χ4v) is 2.28. The van der Waals surface area contributed by atoms with Crippen LogP contribution in [0.3, 0.4) is 0 Å². The highest BCUT2D eigenvalue weighted by molar-refractivity contribution is 5.81. The summed E-state index contributed by atoms with van der Waals surface area (Å²) >= 11 is 0. The quantitative estimate of drug-likeness (QED) is 0.761. The van der Waals surface area contributed by atoms with Crippen molar-refractivity contribution in [3.05, 3.63) is 36.4 Å². The van der Waals surface area contributed by atoms with Gasteiger partial charge in [0.1, 0.15) is 25.1 Å². The number of hydrogen-bond acceptors (Lipinski definition) is 6. The van der Waals surface area contributed by atoms with Gasteiger partial charge in [-0.3, -0.25) is 0 Å². The van der Waals surface area contributed by atoms with Crippen LogP contribution in [0.2, 0.25) is 0 Å². The first-order valence-electron chi connectivity index (χ1n) is 6.66. The smallest absolute Gasteiger partial charge is 0.182 e. The Bertz CT molecular complexity index is 786. The molecule has 0 aliphatic carbocycles. The number of fused-ring (bicyclic) bond motifs is 2. The molecule has 0 atom stereocenters. The third-order valence-corrected chi connectivity index (χ3v) is 3.29. The normalized spacial score (nSPS) is 13.3. The minimum Gasteiger partial charge on any atom is -0.486 e. The molecule has 3 aromatic rings. The molecule has 0 saturated heterocycles. The molecule has 0 radical (unpaired) electrons. The Labute approximate surface area is 120 Å². The lowest BCUT2D eigenvalue weighted by molar-refractivity contribution is 0.171. The molecule has 2 N–H and O–H groups in total. The number of aromatic amines is 1. The zero-order valence-corrected chi connectivity index (χ0v) is 11.2. The van der Waals surface area contributed by atoms with Gasteiger partial charge in [0.05, 0.1) is 6.33 Å². The Morgan fingerprint density at radius 1 is 1.10 bits per heavy atom. The van der Waals surface area contributed by atoms with Gasteiger partial charge in [-0.2, -0.15) is 0 Å². The van der Waals surface area contributed by atoms with Gasteiger partial charge in [-0.15, -0.1) is 0 Å². The highest BCUT2D eigenvalue weighted by Gasteiger charge is 2.12. The molecular formula is C14H13N5O2. The van der Waals surface area contributed by atoms with E-state index in [1.165, 1.54) is 6.33 Å². The number of nitrogens with zero attached hydrogens (tertiary/aromatic N) is 3. The van der Waals surface area contributed by atoms with Gasteiger partial charge >= 0.3 is 0 Å². The molecule has 0 fully saturated rings. The Morgan fingerprint density at radius 2 is 2.00 bits per heavy atom. The van der Waals surface area contributed by atoms with Crippen LogP contribution in [0.5, 0.6) is 11.5 Å². The number of nitrogens with one attached hydrogen (secondary N) is 2. The van der Waals surface area contributed by atoms with Crippen LogP contribution in [0, 0.1) is 0 Å². The summed E-state index contributed by atoms with van der Waals surface area (Å²) in [6.45, 7) is 1.82. The highest BCUT2D eigenvalue weighted by Crippen LogP contribution is 2.31. The van der Waals surface area contributed by atoms with E-state index in [1.807, 2.05) is 18.2 Å². The van der Waals surface area contributed by atoms with E-state index in [2.05, 4.69) is 25.3 Å². The zero-order valence-electron chi connectivity index (χ0n) is 11.2. The van der Waals surface area contributed by atoms with E-state index in [1.54, 1.807) is 6.33 Å². The third kappa shape index (κ3) is 2.22. The second kappa shape index (κ2) is 4.93. The number of rotatable bonds is 3. The molecule has 1 aliphatic heterocycles. The van der Waals surface area contributed by atoms with E-state index >= 15 is 0 Å². The third-order valence-electron chi connectivity index (χ3n) is 3.29. The molecule has 1 aliphatic rings. The van der Waals surface area contributed by atoms with E-state index < -0.39 is 0 Å². The molecule has 0 amide bonds. The predicted molar refractivity (Wildman–Crippen MR) is 76.4 cm³/mol. The summed E-state index contributed by atoms with van der Waals surface area (Å²) in [6, 6.07) is 5.91. The minimum atomic E-state index is 0.588. The van der Waals surface area contributed by atoms with Crippen LogP contribution in [-0.4, -0.2) is 33.1 Å². The molecule has 2 aromatic heterocycles. The lowest BCUT2D eigenvalue weighted by Gasteiger charge is -2.19. The molecule has 0 saturated carbocycles. The van der Waals surface area contributed by atoms with Gasteiger partial charge in [-0.25, -0.2) is 15.0 Å². The maximum Gasteiger partial charge on any atom is 0.182 e. The first-order chi connectivity index (χ1) is 10.4. The average molecular weight is 283 g/mol. The van der Waals surface area contributed by atoms with E-state index in [9.17, 15) is 0 Å². The van der Waals surface area contributed by atoms with Crippen molar-refractivity contribution in [2.24, 2.45) is 0 Å². The van der Waals surface area contributed by atoms with Crippen molar-refractivity contribution in [2.45, 2.75) is 6.54 Å². The van der Waals surface area contributed by atoms with Crippen molar-refractivity contribution in [1.82, 2.24) is 19.9 Å². The van der Waals surface area contributed by atoms with Gasteiger partial charge in [0.15, 0.2) is 23.0 Å². The summed E-state index contributed by atoms with van der Waals surface area (Å²) < 4.78 is 11.1. The molecule has 7 nitrogen and oxygen atoms in total. The molecule has 0 spiro atoms. The van der Waals surface area contributed by atoms with Crippen molar-refractivity contribution >= 4 is 17.0 Å². The average Bonchev–Trinajstić information content (AvgIpc) is 3.02. The van der Waals surface area contributed by atoms with Crippen LogP contribution >= 0.6 is 0 Å². The molecule has 1 aromatic carbocycles. The number of aromatic nitrogens is 4. The summed E-state index contributed by atoms with van der Waals surface area (Å²) in [5.41, 5.74) is 2.54. The Kier molecular flexibility index (Phi) is 2.81. The van der Waals surface area contributed by atoms with Crippen LogP contribution in [0.15, 0.2) is 30.9 Å². The SMILES string of the molecule is c1nc(NCc2ccc3c(c2)OCCO3)c2[nH]cnc2n1. The van der Waals surface area contributed by atoms with E-state index in [0.717, 1.165) is 28.4 Å². The van der Waals surface area contributed by atoms with Crippen molar-refractivity contribution < 1.29 is 9.47 Å². The number of imidazole rings is 1.